The van der Waals surface area contributed by atoms with Crippen molar-refractivity contribution in [1.82, 2.24) is 0 Å². The van der Waals surface area contributed by atoms with E-state index in [2.05, 4.69) is 0 Å². The summed E-state index contributed by atoms with van der Waals surface area (Å²) in [6.07, 6.45) is -12.9. The fourth-order valence-corrected chi connectivity index (χ4v) is 4.50. The third-order valence-electron chi connectivity index (χ3n) is 6.49. The van der Waals surface area contributed by atoms with E-state index in [1.165, 1.54) is 0 Å². The standard InChI is InChI=1S/C27H46O14/c1-13(2)7-18(30)36-11-17-21(33)22(34)23(35)26(37-17)41-27(12-29)25(39-20(32)9-15(5)6)24(16(10-28)40-27)38-19(31)8-14(3)4/h13-17,21-26,28-29,33-35H,7-12H2,1-6H3/t16-,17-,21-,22+,23-,24-,25+,26-,27+/m1/s1. The van der Waals surface area contributed by atoms with Crippen molar-refractivity contribution in [2.24, 2.45) is 17.8 Å². The highest BCUT2D eigenvalue weighted by atomic mass is 16.8. The van der Waals surface area contributed by atoms with Crippen LogP contribution in [0.1, 0.15) is 60.8 Å². The van der Waals surface area contributed by atoms with Gasteiger partial charge in [0.2, 0.25) is 5.79 Å². The van der Waals surface area contributed by atoms with Gasteiger partial charge in [0.05, 0.1) is 6.61 Å². The molecule has 0 aromatic carbocycles. The van der Waals surface area contributed by atoms with E-state index in [0.29, 0.717) is 0 Å². The van der Waals surface area contributed by atoms with Gasteiger partial charge in [0.1, 0.15) is 43.7 Å². The Morgan fingerprint density at radius 2 is 1.29 bits per heavy atom. The topological polar surface area (TPSA) is 208 Å². The number of hydrogen-bond donors (Lipinski definition) is 5. The molecule has 41 heavy (non-hydrogen) atoms. The van der Waals surface area contributed by atoms with Crippen LogP contribution >= 0.6 is 0 Å². The molecule has 0 bridgehead atoms. The molecule has 2 aliphatic rings. The largest absolute Gasteiger partial charge is 0.463 e. The normalized spacial score (nSPS) is 33.8. The van der Waals surface area contributed by atoms with Crippen molar-refractivity contribution in [2.75, 3.05) is 19.8 Å². The third-order valence-corrected chi connectivity index (χ3v) is 6.49. The lowest BCUT2D eigenvalue weighted by Gasteiger charge is -2.43. The van der Waals surface area contributed by atoms with E-state index in [9.17, 15) is 39.9 Å². The maximum Gasteiger partial charge on any atom is 0.306 e. The van der Waals surface area contributed by atoms with Crippen LogP contribution in [0.25, 0.3) is 0 Å². The summed E-state index contributed by atoms with van der Waals surface area (Å²) in [5.74, 6) is -4.53. The van der Waals surface area contributed by atoms with Crippen LogP contribution in [0.3, 0.4) is 0 Å². The van der Waals surface area contributed by atoms with Crippen molar-refractivity contribution in [1.29, 1.82) is 0 Å². The number of esters is 3. The van der Waals surface area contributed by atoms with Crippen LogP contribution in [0.5, 0.6) is 0 Å². The summed E-state index contributed by atoms with van der Waals surface area (Å²) in [7, 11) is 0. The van der Waals surface area contributed by atoms with Gasteiger partial charge in [-0.2, -0.15) is 0 Å². The van der Waals surface area contributed by atoms with Crippen molar-refractivity contribution >= 4 is 17.9 Å². The Bertz CT molecular complexity index is 863. The van der Waals surface area contributed by atoms with E-state index >= 15 is 0 Å². The zero-order valence-corrected chi connectivity index (χ0v) is 24.5. The summed E-state index contributed by atoms with van der Waals surface area (Å²) in [6.45, 7) is 8.48. The zero-order chi connectivity index (χ0) is 31.1. The molecule has 2 heterocycles. The highest BCUT2D eigenvalue weighted by Crippen LogP contribution is 2.39. The maximum atomic E-state index is 12.7. The summed E-state index contributed by atoms with van der Waals surface area (Å²) >= 11 is 0. The van der Waals surface area contributed by atoms with Crippen LogP contribution in [-0.2, 0) is 42.8 Å². The molecule has 0 saturated carbocycles. The van der Waals surface area contributed by atoms with E-state index < -0.39 is 92.5 Å². The van der Waals surface area contributed by atoms with Gasteiger partial charge in [0.25, 0.3) is 0 Å². The van der Waals surface area contributed by atoms with Crippen LogP contribution in [0.2, 0.25) is 0 Å². The summed E-state index contributed by atoms with van der Waals surface area (Å²) in [5, 5.41) is 52.1. The van der Waals surface area contributed by atoms with Gasteiger partial charge in [-0.1, -0.05) is 41.5 Å². The minimum absolute atomic E-state index is 0.0000313. The molecule has 0 aromatic heterocycles. The Morgan fingerprint density at radius 3 is 1.80 bits per heavy atom. The van der Waals surface area contributed by atoms with Crippen LogP contribution in [0.15, 0.2) is 0 Å². The molecule has 0 unspecified atom stereocenters. The summed E-state index contributed by atoms with van der Waals surface area (Å²) in [4.78, 5) is 37.3. The van der Waals surface area contributed by atoms with E-state index in [-0.39, 0.29) is 37.0 Å². The second-order valence-electron chi connectivity index (χ2n) is 11.8. The highest BCUT2D eigenvalue weighted by molar-refractivity contribution is 5.71. The van der Waals surface area contributed by atoms with Gasteiger partial charge < -0.3 is 54.0 Å². The molecular formula is C27H46O14. The SMILES string of the molecule is CC(C)CC(=O)OC[C@H]1O[C@H](O[C@]2(CO)O[C@H](CO)[C@@H](OC(=O)CC(C)C)[C@@H]2OC(=O)CC(C)C)[C@H](O)[C@@H](O)[C@@H]1O. The molecule has 5 N–H and O–H groups in total. The fourth-order valence-electron chi connectivity index (χ4n) is 4.50. The number of carbonyl (C=O) groups is 3. The van der Waals surface area contributed by atoms with Gasteiger partial charge in [0.15, 0.2) is 18.5 Å². The number of carbonyl (C=O) groups excluding carboxylic acids is 3. The second kappa shape index (κ2) is 15.5. The first kappa shape index (κ1) is 35.3. The molecule has 14 heteroatoms. The minimum Gasteiger partial charge on any atom is -0.463 e. The lowest BCUT2D eigenvalue weighted by molar-refractivity contribution is -0.384. The monoisotopic (exact) mass is 594 g/mol. The summed E-state index contributed by atoms with van der Waals surface area (Å²) in [5.41, 5.74) is 0. The van der Waals surface area contributed by atoms with Gasteiger partial charge in [-0.15, -0.1) is 0 Å². The first-order valence-corrected chi connectivity index (χ1v) is 14.0. The molecule has 0 aliphatic carbocycles. The van der Waals surface area contributed by atoms with Crippen LogP contribution in [0, 0.1) is 17.8 Å². The molecule has 2 rings (SSSR count). The number of hydrogen-bond acceptors (Lipinski definition) is 14. The first-order valence-electron chi connectivity index (χ1n) is 14.0. The van der Waals surface area contributed by atoms with Crippen LogP contribution in [0.4, 0.5) is 0 Å². The Morgan fingerprint density at radius 1 is 0.756 bits per heavy atom. The number of aliphatic hydroxyl groups excluding tert-OH is 5. The number of aliphatic hydroxyl groups is 5. The predicted octanol–water partition coefficient (Wildman–Crippen LogP) is -0.605. The molecule has 0 amide bonds. The molecular weight excluding hydrogens is 548 g/mol. The van der Waals surface area contributed by atoms with Gasteiger partial charge in [-0.05, 0) is 17.8 Å². The fraction of sp³-hybridized carbons (Fsp3) is 0.889. The minimum atomic E-state index is -2.34. The Balaban J connectivity index is 2.36. The summed E-state index contributed by atoms with van der Waals surface area (Å²) < 4.78 is 33.5. The number of rotatable bonds is 14. The zero-order valence-electron chi connectivity index (χ0n) is 24.5. The van der Waals surface area contributed by atoms with Crippen molar-refractivity contribution < 1.29 is 68.3 Å². The quantitative estimate of drug-likeness (QED) is 0.126. The van der Waals surface area contributed by atoms with Gasteiger partial charge in [-0.25, -0.2) is 0 Å². The van der Waals surface area contributed by atoms with Crippen molar-refractivity contribution in [3.63, 3.8) is 0 Å². The lowest BCUT2D eigenvalue weighted by atomic mass is 9.98. The van der Waals surface area contributed by atoms with Crippen molar-refractivity contribution in [3.8, 4) is 0 Å². The molecule has 238 valence electrons. The van der Waals surface area contributed by atoms with E-state index in [0.717, 1.165) is 0 Å². The lowest BCUT2D eigenvalue weighted by Crippen LogP contribution is -2.63. The maximum absolute atomic E-state index is 12.7. The molecule has 0 spiro atoms. The molecule has 2 aliphatic heterocycles. The number of ether oxygens (including phenoxy) is 6. The first-order chi connectivity index (χ1) is 19.1. The molecule has 2 fully saturated rings. The van der Waals surface area contributed by atoms with E-state index in [1.807, 2.05) is 13.8 Å². The van der Waals surface area contributed by atoms with Crippen molar-refractivity contribution in [2.45, 2.75) is 116 Å². The molecule has 0 radical (unpaired) electrons. The third kappa shape index (κ3) is 9.55. The van der Waals surface area contributed by atoms with Crippen LogP contribution < -0.4 is 0 Å². The predicted molar refractivity (Wildman–Crippen MR) is 139 cm³/mol. The average Bonchev–Trinajstić information content (AvgIpc) is 3.14. The van der Waals surface area contributed by atoms with Gasteiger partial charge in [0, 0.05) is 19.3 Å². The average molecular weight is 595 g/mol. The van der Waals surface area contributed by atoms with Gasteiger partial charge >= 0.3 is 17.9 Å². The molecule has 9 atom stereocenters. The molecule has 2 saturated heterocycles. The van der Waals surface area contributed by atoms with E-state index in [1.54, 1.807) is 27.7 Å². The Hall–Kier alpha value is -1.91. The smallest absolute Gasteiger partial charge is 0.306 e. The molecule has 0 aromatic rings. The Kier molecular flexibility index (Phi) is 13.4. The Labute approximate surface area is 239 Å². The van der Waals surface area contributed by atoms with Crippen molar-refractivity contribution in [3.05, 3.63) is 0 Å². The summed E-state index contributed by atoms with van der Waals surface area (Å²) in [6, 6.07) is 0. The second-order valence-corrected chi connectivity index (χ2v) is 11.8. The molecule has 14 nitrogen and oxygen atoms in total. The van der Waals surface area contributed by atoms with E-state index in [4.69, 9.17) is 28.4 Å². The van der Waals surface area contributed by atoms with Crippen LogP contribution in [-0.4, -0.2) is 118 Å². The highest BCUT2D eigenvalue weighted by Gasteiger charge is 2.62. The van der Waals surface area contributed by atoms with Gasteiger partial charge in [-0.3, -0.25) is 14.4 Å².